The largest absolute Gasteiger partial charge is 0.465 e. The molecule has 0 aliphatic rings. The molecule has 1 heterocycles. The van der Waals surface area contributed by atoms with Crippen LogP contribution in [0, 0.1) is 0 Å². The van der Waals surface area contributed by atoms with Gasteiger partial charge in [-0.05, 0) is 0 Å². The molecule has 4 heteroatoms. The zero-order valence-electron chi connectivity index (χ0n) is 8.64. The van der Waals surface area contributed by atoms with E-state index < -0.39 is 5.97 Å². The average Bonchev–Trinajstić information content (AvgIpc) is 2.36. The molecule has 16 heavy (non-hydrogen) atoms. The van der Waals surface area contributed by atoms with Crippen molar-refractivity contribution in [3.63, 3.8) is 0 Å². The lowest BCUT2D eigenvalue weighted by atomic mass is 10.1. The lowest BCUT2D eigenvalue weighted by Gasteiger charge is -2.06. The second kappa shape index (κ2) is 4.10. The molecule has 0 unspecified atom stereocenters. The molecular weight excluding hydrogens is 206 g/mol. The van der Waals surface area contributed by atoms with Crippen LogP contribution in [-0.4, -0.2) is 24.3 Å². The molecule has 80 valence electrons. The maximum atomic E-state index is 11.6. The molecule has 2 rings (SSSR count). The van der Waals surface area contributed by atoms with Crippen LogP contribution in [0.2, 0.25) is 0 Å². The number of hydrogen-bond acceptors (Lipinski definition) is 4. The van der Waals surface area contributed by atoms with Gasteiger partial charge in [-0.2, -0.15) is 0 Å². The first kappa shape index (κ1) is 10.3. The molecule has 0 N–H and O–H groups in total. The standard InChI is InChI=1S/C12H9NO3/c1-16-12(15)11-9-5-3-2-4-8(9)6-13-10(11)7-14/h2-7H,1H3. The van der Waals surface area contributed by atoms with Crippen molar-refractivity contribution in [1.82, 2.24) is 4.98 Å². The summed E-state index contributed by atoms with van der Waals surface area (Å²) in [6.07, 6.45) is 2.12. The Hall–Kier alpha value is -2.23. The van der Waals surface area contributed by atoms with Crippen LogP contribution in [0.25, 0.3) is 10.8 Å². The first-order chi connectivity index (χ1) is 7.77. The average molecular weight is 215 g/mol. The number of benzene rings is 1. The highest BCUT2D eigenvalue weighted by Gasteiger charge is 2.16. The fourth-order valence-corrected chi connectivity index (χ4v) is 1.58. The molecule has 1 aromatic carbocycles. The van der Waals surface area contributed by atoms with Gasteiger partial charge in [0.05, 0.1) is 12.7 Å². The van der Waals surface area contributed by atoms with Crippen LogP contribution in [0.15, 0.2) is 30.5 Å². The van der Waals surface area contributed by atoms with E-state index in [0.29, 0.717) is 11.7 Å². The molecule has 1 aromatic heterocycles. The SMILES string of the molecule is COC(=O)c1c(C=O)ncc2ccccc12. The zero-order valence-corrected chi connectivity index (χ0v) is 8.64. The fourth-order valence-electron chi connectivity index (χ4n) is 1.58. The Morgan fingerprint density at radius 3 is 2.81 bits per heavy atom. The number of hydrogen-bond donors (Lipinski definition) is 0. The lowest BCUT2D eigenvalue weighted by Crippen LogP contribution is -2.08. The summed E-state index contributed by atoms with van der Waals surface area (Å²) in [5.74, 6) is -0.550. The van der Waals surface area contributed by atoms with Gasteiger partial charge in [0.1, 0.15) is 5.69 Å². The number of methoxy groups -OCH3 is 1. The van der Waals surface area contributed by atoms with Gasteiger partial charge in [0.25, 0.3) is 0 Å². The van der Waals surface area contributed by atoms with Gasteiger partial charge in [0.2, 0.25) is 0 Å². The van der Waals surface area contributed by atoms with Gasteiger partial charge in [-0.15, -0.1) is 0 Å². The number of rotatable bonds is 2. The zero-order chi connectivity index (χ0) is 11.5. The van der Waals surface area contributed by atoms with Crippen LogP contribution in [-0.2, 0) is 4.74 Å². The van der Waals surface area contributed by atoms with Crippen molar-refractivity contribution in [3.05, 3.63) is 41.7 Å². The minimum absolute atomic E-state index is 0.102. The van der Waals surface area contributed by atoms with E-state index in [1.807, 2.05) is 12.1 Å². The van der Waals surface area contributed by atoms with Gasteiger partial charge in [0, 0.05) is 17.0 Å². The Morgan fingerprint density at radius 1 is 1.38 bits per heavy atom. The first-order valence-corrected chi connectivity index (χ1v) is 4.69. The number of pyridine rings is 1. The highest BCUT2D eigenvalue weighted by molar-refractivity contribution is 6.08. The van der Waals surface area contributed by atoms with Crippen LogP contribution < -0.4 is 0 Å². The monoisotopic (exact) mass is 215 g/mol. The summed E-state index contributed by atoms with van der Waals surface area (Å²) in [5, 5.41) is 1.47. The Kier molecular flexibility index (Phi) is 2.64. The van der Waals surface area contributed by atoms with Gasteiger partial charge in [-0.1, -0.05) is 24.3 Å². The molecule has 0 saturated heterocycles. The van der Waals surface area contributed by atoms with Crippen LogP contribution in [0.3, 0.4) is 0 Å². The van der Waals surface area contributed by atoms with Crippen molar-refractivity contribution in [2.75, 3.05) is 7.11 Å². The second-order valence-electron chi connectivity index (χ2n) is 3.22. The normalized spacial score (nSPS) is 10.1. The summed E-state index contributed by atoms with van der Waals surface area (Å²) in [6, 6.07) is 7.22. The van der Waals surface area contributed by atoms with Crippen LogP contribution in [0.5, 0.6) is 0 Å². The molecule has 0 spiro atoms. The summed E-state index contributed by atoms with van der Waals surface area (Å²) in [6.45, 7) is 0. The van der Waals surface area contributed by atoms with Crippen LogP contribution in [0.4, 0.5) is 0 Å². The summed E-state index contributed by atoms with van der Waals surface area (Å²) in [5.41, 5.74) is 0.321. The molecule has 0 saturated carbocycles. The number of aromatic nitrogens is 1. The predicted molar refractivity (Wildman–Crippen MR) is 58.5 cm³/mol. The fraction of sp³-hybridized carbons (Fsp3) is 0.0833. The molecule has 0 aliphatic carbocycles. The highest BCUT2D eigenvalue weighted by Crippen LogP contribution is 2.20. The van der Waals surface area contributed by atoms with Gasteiger partial charge in [-0.3, -0.25) is 9.78 Å². The third-order valence-corrected chi connectivity index (χ3v) is 2.33. The Balaban J connectivity index is 2.83. The van der Waals surface area contributed by atoms with E-state index in [9.17, 15) is 9.59 Å². The lowest BCUT2D eigenvalue weighted by molar-refractivity contribution is 0.0600. The van der Waals surface area contributed by atoms with Crippen molar-refractivity contribution in [2.45, 2.75) is 0 Å². The van der Waals surface area contributed by atoms with Gasteiger partial charge >= 0.3 is 5.97 Å². The van der Waals surface area contributed by atoms with Crippen molar-refractivity contribution in [2.24, 2.45) is 0 Å². The molecule has 0 atom stereocenters. The van der Waals surface area contributed by atoms with Crippen molar-refractivity contribution < 1.29 is 14.3 Å². The Labute approximate surface area is 91.9 Å². The van der Waals surface area contributed by atoms with E-state index in [2.05, 4.69) is 9.72 Å². The van der Waals surface area contributed by atoms with Crippen molar-refractivity contribution in [1.29, 1.82) is 0 Å². The predicted octanol–water partition coefficient (Wildman–Crippen LogP) is 1.83. The van der Waals surface area contributed by atoms with Gasteiger partial charge in [0.15, 0.2) is 6.29 Å². The number of carbonyl (C=O) groups excluding carboxylic acids is 2. The van der Waals surface area contributed by atoms with Crippen molar-refractivity contribution >= 4 is 23.0 Å². The number of fused-ring (bicyclic) bond motifs is 1. The molecule has 4 nitrogen and oxygen atoms in total. The van der Waals surface area contributed by atoms with Crippen LogP contribution >= 0.6 is 0 Å². The minimum Gasteiger partial charge on any atom is -0.465 e. The van der Waals surface area contributed by atoms with E-state index in [0.717, 1.165) is 5.39 Å². The number of esters is 1. The second-order valence-corrected chi connectivity index (χ2v) is 3.22. The summed E-state index contributed by atoms with van der Waals surface area (Å²) in [4.78, 5) is 26.3. The number of nitrogens with zero attached hydrogens (tertiary/aromatic N) is 1. The number of aldehydes is 1. The smallest absolute Gasteiger partial charge is 0.340 e. The number of ether oxygens (including phenoxy) is 1. The molecular formula is C12H9NO3. The third-order valence-electron chi connectivity index (χ3n) is 2.33. The van der Waals surface area contributed by atoms with E-state index in [1.54, 1.807) is 18.3 Å². The maximum Gasteiger partial charge on any atom is 0.340 e. The van der Waals surface area contributed by atoms with E-state index >= 15 is 0 Å². The quantitative estimate of drug-likeness (QED) is 0.566. The Bertz CT molecular complexity index is 563. The maximum absolute atomic E-state index is 11.6. The summed E-state index contributed by atoms with van der Waals surface area (Å²) >= 11 is 0. The van der Waals surface area contributed by atoms with Gasteiger partial charge in [-0.25, -0.2) is 4.79 Å². The molecule has 0 fully saturated rings. The molecule has 0 bridgehead atoms. The van der Waals surface area contributed by atoms with Crippen molar-refractivity contribution in [3.8, 4) is 0 Å². The van der Waals surface area contributed by atoms with E-state index in [4.69, 9.17) is 0 Å². The molecule has 0 radical (unpaired) electrons. The third kappa shape index (κ3) is 1.54. The number of carbonyl (C=O) groups is 2. The minimum atomic E-state index is -0.550. The highest BCUT2D eigenvalue weighted by atomic mass is 16.5. The first-order valence-electron chi connectivity index (χ1n) is 4.69. The molecule has 0 aliphatic heterocycles. The summed E-state index contributed by atoms with van der Waals surface area (Å²) < 4.78 is 4.65. The molecule has 2 aromatic rings. The topological polar surface area (TPSA) is 56.3 Å². The van der Waals surface area contributed by atoms with Crippen LogP contribution in [0.1, 0.15) is 20.8 Å². The molecule has 0 amide bonds. The van der Waals surface area contributed by atoms with E-state index in [1.165, 1.54) is 7.11 Å². The summed E-state index contributed by atoms with van der Waals surface area (Å²) in [7, 11) is 1.28. The van der Waals surface area contributed by atoms with Gasteiger partial charge < -0.3 is 4.74 Å². The Morgan fingerprint density at radius 2 is 2.12 bits per heavy atom. The van der Waals surface area contributed by atoms with E-state index in [-0.39, 0.29) is 11.3 Å².